The van der Waals surface area contributed by atoms with Gasteiger partial charge in [-0.2, -0.15) is 4.98 Å². The molecular weight excluding hydrogens is 358 g/mol. The Balaban J connectivity index is 2.08. The normalized spacial score (nSPS) is 13.1. The number of H-pyrrole nitrogens is 1. The standard InChI is InChI=1S/C20H17N5O3/c1-12-17-13(2)23-24(15-6-4-3-5-7-15)19(18(17)22-20(26)21-12)14-8-10-16(11-9-14)25(27)28/h3-11,23H,1-2H3,(H,22,26). The highest BCUT2D eigenvalue weighted by Gasteiger charge is 2.22. The van der Waals surface area contributed by atoms with Crippen molar-refractivity contribution in [3.8, 4) is 0 Å². The minimum atomic E-state index is -0.446. The van der Waals surface area contributed by atoms with Crippen LogP contribution in [-0.4, -0.2) is 14.9 Å². The highest BCUT2D eigenvalue weighted by atomic mass is 16.6. The van der Waals surface area contributed by atoms with Gasteiger partial charge in [0.1, 0.15) is 0 Å². The summed E-state index contributed by atoms with van der Waals surface area (Å²) in [6.45, 7) is 3.69. The van der Waals surface area contributed by atoms with E-state index in [1.165, 1.54) is 12.1 Å². The number of anilines is 1. The molecule has 140 valence electrons. The Labute approximate surface area is 159 Å². The van der Waals surface area contributed by atoms with Gasteiger partial charge < -0.3 is 4.98 Å². The molecular formula is C20H17N5O3. The Kier molecular flexibility index (Phi) is 4.15. The first-order chi connectivity index (χ1) is 13.5. The Morgan fingerprint density at radius 2 is 1.71 bits per heavy atom. The quantitative estimate of drug-likeness (QED) is 0.528. The van der Waals surface area contributed by atoms with E-state index >= 15 is 0 Å². The zero-order valence-corrected chi connectivity index (χ0v) is 15.3. The molecule has 0 bridgehead atoms. The molecule has 0 fully saturated rings. The monoisotopic (exact) mass is 375 g/mol. The fourth-order valence-electron chi connectivity index (χ4n) is 3.40. The number of para-hydroxylation sites is 1. The third kappa shape index (κ3) is 2.90. The number of aryl methyl sites for hydroxylation is 1. The number of nitro groups is 1. The van der Waals surface area contributed by atoms with Gasteiger partial charge in [0.2, 0.25) is 0 Å². The molecule has 2 heterocycles. The number of aromatic amines is 1. The molecule has 1 aliphatic rings. The van der Waals surface area contributed by atoms with E-state index in [2.05, 4.69) is 15.4 Å². The van der Waals surface area contributed by atoms with Crippen LogP contribution in [-0.2, 0) is 0 Å². The van der Waals surface area contributed by atoms with Gasteiger partial charge in [0.15, 0.2) is 0 Å². The van der Waals surface area contributed by atoms with Crippen molar-refractivity contribution in [3.63, 3.8) is 0 Å². The fourth-order valence-corrected chi connectivity index (χ4v) is 3.40. The first-order valence-corrected chi connectivity index (χ1v) is 8.64. The number of fused-ring (bicyclic) bond motifs is 1. The van der Waals surface area contributed by atoms with E-state index in [9.17, 15) is 14.9 Å². The van der Waals surface area contributed by atoms with Crippen LogP contribution in [0.2, 0.25) is 0 Å². The van der Waals surface area contributed by atoms with Crippen molar-refractivity contribution in [3.05, 3.63) is 97.0 Å². The van der Waals surface area contributed by atoms with Crippen molar-refractivity contribution in [1.29, 1.82) is 0 Å². The second kappa shape index (κ2) is 6.66. The maximum atomic E-state index is 12.1. The number of hydrogen-bond donors (Lipinski definition) is 2. The number of hydrazine groups is 1. The average Bonchev–Trinajstić information content (AvgIpc) is 2.68. The van der Waals surface area contributed by atoms with Gasteiger partial charge in [0.25, 0.3) is 5.69 Å². The number of aromatic nitrogens is 2. The lowest BCUT2D eigenvalue weighted by atomic mass is 10.1. The highest BCUT2D eigenvalue weighted by molar-refractivity contribution is 5.81. The molecule has 2 aromatic carbocycles. The van der Waals surface area contributed by atoms with Gasteiger partial charge in [-0.3, -0.25) is 20.5 Å². The van der Waals surface area contributed by atoms with Crippen LogP contribution in [0, 0.1) is 17.0 Å². The summed E-state index contributed by atoms with van der Waals surface area (Å²) in [5, 5.41) is 14.3. The molecule has 0 saturated carbocycles. The molecule has 1 aromatic heterocycles. The number of benzene rings is 2. The summed E-state index contributed by atoms with van der Waals surface area (Å²) >= 11 is 0. The molecule has 8 nitrogen and oxygen atoms in total. The van der Waals surface area contributed by atoms with E-state index in [1.807, 2.05) is 42.3 Å². The Morgan fingerprint density at radius 1 is 1.04 bits per heavy atom. The second-order valence-corrected chi connectivity index (χ2v) is 6.44. The smallest absolute Gasteiger partial charge is 0.303 e. The van der Waals surface area contributed by atoms with Crippen LogP contribution < -0.4 is 26.7 Å². The van der Waals surface area contributed by atoms with Gasteiger partial charge in [-0.1, -0.05) is 18.2 Å². The molecule has 0 radical (unpaired) electrons. The van der Waals surface area contributed by atoms with Crippen LogP contribution in [0.4, 0.5) is 11.4 Å². The maximum Gasteiger partial charge on any atom is 0.345 e. The molecule has 28 heavy (non-hydrogen) atoms. The van der Waals surface area contributed by atoms with Gasteiger partial charge in [0.05, 0.1) is 27.4 Å². The van der Waals surface area contributed by atoms with Crippen LogP contribution in [0.15, 0.2) is 59.4 Å². The molecule has 3 aromatic rings. The van der Waals surface area contributed by atoms with Crippen LogP contribution in [0.5, 0.6) is 0 Å². The molecule has 0 spiro atoms. The summed E-state index contributed by atoms with van der Waals surface area (Å²) in [5.41, 5.74) is 6.62. The van der Waals surface area contributed by atoms with E-state index in [-0.39, 0.29) is 5.69 Å². The predicted molar refractivity (Wildman–Crippen MR) is 106 cm³/mol. The highest BCUT2D eigenvalue weighted by Crippen LogP contribution is 2.25. The molecule has 1 aliphatic heterocycles. The van der Waals surface area contributed by atoms with Crippen LogP contribution in [0.3, 0.4) is 0 Å². The second-order valence-electron chi connectivity index (χ2n) is 6.44. The molecule has 0 atom stereocenters. The first kappa shape index (κ1) is 17.5. The zero-order chi connectivity index (χ0) is 19.8. The van der Waals surface area contributed by atoms with Crippen molar-refractivity contribution in [1.82, 2.24) is 15.4 Å². The lowest BCUT2D eigenvalue weighted by Crippen LogP contribution is -2.53. The lowest BCUT2D eigenvalue weighted by molar-refractivity contribution is -0.384. The maximum absolute atomic E-state index is 12.1. The summed E-state index contributed by atoms with van der Waals surface area (Å²) in [6, 6.07) is 15.8. The number of nitrogens with zero attached hydrogens (tertiary/aromatic N) is 3. The van der Waals surface area contributed by atoms with Crippen molar-refractivity contribution in [2.45, 2.75) is 13.8 Å². The zero-order valence-electron chi connectivity index (χ0n) is 15.3. The largest absolute Gasteiger partial charge is 0.345 e. The SMILES string of the molecule is CC1=c2c(C)nc(=O)[nH]c2=C(c2ccc([N+](=O)[O-])cc2)N(c2ccccc2)N1. The Hall–Kier alpha value is -3.94. The summed E-state index contributed by atoms with van der Waals surface area (Å²) in [7, 11) is 0. The molecule has 0 unspecified atom stereocenters. The lowest BCUT2D eigenvalue weighted by Gasteiger charge is -2.32. The third-order valence-corrected chi connectivity index (χ3v) is 4.59. The van der Waals surface area contributed by atoms with Gasteiger partial charge in [-0.25, -0.2) is 4.79 Å². The molecule has 0 amide bonds. The molecule has 4 rings (SSSR count). The van der Waals surface area contributed by atoms with Gasteiger partial charge in [0, 0.05) is 28.6 Å². The van der Waals surface area contributed by atoms with E-state index in [4.69, 9.17) is 0 Å². The number of hydrogen-bond acceptors (Lipinski definition) is 6. The van der Waals surface area contributed by atoms with Crippen LogP contribution in [0.1, 0.15) is 18.2 Å². The summed E-state index contributed by atoms with van der Waals surface area (Å²) in [5.74, 6) is 0. The van der Waals surface area contributed by atoms with E-state index < -0.39 is 10.6 Å². The van der Waals surface area contributed by atoms with Crippen molar-refractivity contribution in [2.75, 3.05) is 5.01 Å². The minimum absolute atomic E-state index is 0.00162. The predicted octanol–water partition coefficient (Wildman–Crippen LogP) is 1.30. The van der Waals surface area contributed by atoms with Crippen molar-refractivity contribution < 1.29 is 4.92 Å². The molecule has 2 N–H and O–H groups in total. The van der Waals surface area contributed by atoms with Gasteiger partial charge in [-0.05, 0) is 38.1 Å². The van der Waals surface area contributed by atoms with Gasteiger partial charge >= 0.3 is 5.69 Å². The van der Waals surface area contributed by atoms with Crippen LogP contribution >= 0.6 is 0 Å². The third-order valence-electron chi connectivity index (χ3n) is 4.59. The van der Waals surface area contributed by atoms with Crippen molar-refractivity contribution in [2.24, 2.45) is 0 Å². The van der Waals surface area contributed by atoms with E-state index in [1.54, 1.807) is 19.1 Å². The van der Waals surface area contributed by atoms with Crippen LogP contribution in [0.25, 0.3) is 11.4 Å². The number of nitrogens with one attached hydrogen (secondary N) is 2. The van der Waals surface area contributed by atoms with Crippen molar-refractivity contribution >= 4 is 22.8 Å². The Morgan fingerprint density at radius 3 is 2.36 bits per heavy atom. The molecule has 0 saturated heterocycles. The average molecular weight is 375 g/mol. The van der Waals surface area contributed by atoms with E-state index in [0.717, 1.165) is 22.2 Å². The molecule has 0 aliphatic carbocycles. The summed E-state index contributed by atoms with van der Waals surface area (Å²) < 4.78 is 0. The minimum Gasteiger partial charge on any atom is -0.303 e. The summed E-state index contributed by atoms with van der Waals surface area (Å²) in [4.78, 5) is 29.5. The molecule has 8 heteroatoms. The number of non-ortho nitro benzene ring substituents is 1. The number of nitro benzene ring substituents is 1. The fraction of sp³-hybridized carbons (Fsp3) is 0.100. The van der Waals surface area contributed by atoms with E-state index in [0.29, 0.717) is 16.7 Å². The first-order valence-electron chi connectivity index (χ1n) is 8.64. The van der Waals surface area contributed by atoms with Gasteiger partial charge in [-0.15, -0.1) is 0 Å². The number of rotatable bonds is 3. The topological polar surface area (TPSA) is 104 Å². The summed E-state index contributed by atoms with van der Waals surface area (Å²) in [6.07, 6.45) is 0. The Bertz CT molecular complexity index is 1250.